The molecule has 4 nitrogen and oxygen atoms in total. The maximum Gasteiger partial charge on any atom is 0.573 e. The summed E-state index contributed by atoms with van der Waals surface area (Å²) in [5.41, 5.74) is 0.840. The maximum absolute atomic E-state index is 12.5. The van der Waals surface area contributed by atoms with Crippen molar-refractivity contribution in [3.63, 3.8) is 0 Å². The van der Waals surface area contributed by atoms with Crippen LogP contribution in [0.3, 0.4) is 0 Å². The molecule has 0 radical (unpaired) electrons. The van der Waals surface area contributed by atoms with Crippen LogP contribution < -0.4 is 10.1 Å². The predicted molar refractivity (Wildman–Crippen MR) is 97.2 cm³/mol. The summed E-state index contributed by atoms with van der Waals surface area (Å²) in [6.07, 6.45) is -0.242. The van der Waals surface area contributed by atoms with Gasteiger partial charge in [-0.2, -0.15) is 0 Å². The molecule has 2 N–H and O–H groups in total. The van der Waals surface area contributed by atoms with Crippen molar-refractivity contribution >= 4 is 0 Å². The van der Waals surface area contributed by atoms with Crippen LogP contribution in [0.25, 0.3) is 0 Å². The molecule has 0 aliphatic carbocycles. The minimum Gasteiger partial charge on any atom is -0.508 e. The van der Waals surface area contributed by atoms with Crippen LogP contribution in [0, 0.1) is 0 Å². The van der Waals surface area contributed by atoms with Gasteiger partial charge in [-0.25, -0.2) is 0 Å². The maximum atomic E-state index is 12.5. The van der Waals surface area contributed by atoms with E-state index in [-0.39, 0.29) is 23.5 Å². The lowest BCUT2D eigenvalue weighted by molar-refractivity contribution is -0.274. The molecule has 148 valence electrons. The van der Waals surface area contributed by atoms with Crippen LogP contribution in [0.1, 0.15) is 29.5 Å². The van der Waals surface area contributed by atoms with Gasteiger partial charge in [0.25, 0.3) is 0 Å². The average molecular weight is 391 g/mol. The van der Waals surface area contributed by atoms with Gasteiger partial charge in [0.05, 0.1) is 12.6 Å². The number of phenolic OH excluding ortho intramolecular Hbond substituents is 1. The molecule has 0 bridgehead atoms. The van der Waals surface area contributed by atoms with Gasteiger partial charge in [0.15, 0.2) is 0 Å². The second-order valence-corrected chi connectivity index (χ2v) is 7.09. The Kier molecular flexibility index (Phi) is 4.81. The standard InChI is InChI=1S/C21H20F3NO3/c22-21(23,24)28-16-7-8-18(26)17(11-16)15-12-20(27-13-15)9-4-10-25-19(20)14-5-2-1-3-6-14/h1-9,11,15,19,25-26H,10,12-13H2/t15?,19-,20+/m0/s1. The van der Waals surface area contributed by atoms with E-state index < -0.39 is 12.0 Å². The first kappa shape index (κ1) is 18.8. The molecule has 0 aromatic heterocycles. The molecule has 1 fully saturated rings. The number of phenols is 1. The zero-order chi connectivity index (χ0) is 19.8. The highest BCUT2D eigenvalue weighted by Gasteiger charge is 2.47. The highest BCUT2D eigenvalue weighted by atomic mass is 19.4. The highest BCUT2D eigenvalue weighted by Crippen LogP contribution is 2.48. The largest absolute Gasteiger partial charge is 0.573 e. The van der Waals surface area contributed by atoms with Crippen LogP contribution in [0.4, 0.5) is 13.2 Å². The summed E-state index contributed by atoms with van der Waals surface area (Å²) in [6, 6.07) is 13.4. The number of halogens is 3. The zero-order valence-electron chi connectivity index (χ0n) is 14.9. The summed E-state index contributed by atoms with van der Waals surface area (Å²) >= 11 is 0. The molecule has 28 heavy (non-hydrogen) atoms. The number of ether oxygens (including phenoxy) is 2. The molecule has 2 aromatic carbocycles. The third-order valence-corrected chi connectivity index (χ3v) is 5.25. The molecule has 2 aromatic rings. The summed E-state index contributed by atoms with van der Waals surface area (Å²) in [5.74, 6) is -0.671. The smallest absolute Gasteiger partial charge is 0.508 e. The Morgan fingerprint density at radius 3 is 2.68 bits per heavy atom. The molecule has 2 aliphatic heterocycles. The third kappa shape index (κ3) is 3.72. The van der Waals surface area contributed by atoms with Crippen molar-refractivity contribution in [2.24, 2.45) is 0 Å². The molecule has 0 amide bonds. The molecule has 2 heterocycles. The molecule has 2 aliphatic rings. The van der Waals surface area contributed by atoms with Crippen LogP contribution in [0.15, 0.2) is 60.7 Å². The number of hydrogen-bond donors (Lipinski definition) is 2. The average Bonchev–Trinajstić information content (AvgIpc) is 3.07. The number of rotatable bonds is 3. The molecule has 4 rings (SSSR count). The first-order valence-electron chi connectivity index (χ1n) is 9.05. The first-order chi connectivity index (χ1) is 13.4. The first-order valence-corrected chi connectivity index (χ1v) is 9.05. The SMILES string of the molecule is Oc1ccc(OC(F)(F)F)cc1C1CO[C@]2(C=CCN[C@H]2c2ccccc2)C1. The fraction of sp³-hybridized carbons (Fsp3) is 0.333. The lowest BCUT2D eigenvalue weighted by Crippen LogP contribution is -2.45. The number of benzene rings is 2. The summed E-state index contributed by atoms with van der Waals surface area (Å²) in [4.78, 5) is 0. The van der Waals surface area contributed by atoms with E-state index in [9.17, 15) is 18.3 Å². The number of alkyl halides is 3. The molecular formula is C21H20F3NO3. The zero-order valence-corrected chi connectivity index (χ0v) is 14.9. The quantitative estimate of drug-likeness (QED) is 0.760. The van der Waals surface area contributed by atoms with E-state index in [0.29, 0.717) is 25.1 Å². The summed E-state index contributed by atoms with van der Waals surface area (Å²) in [7, 11) is 0. The van der Waals surface area contributed by atoms with Crippen LogP contribution in [-0.2, 0) is 4.74 Å². The Labute approximate surface area is 160 Å². The minimum atomic E-state index is -4.78. The van der Waals surface area contributed by atoms with E-state index in [1.165, 1.54) is 12.1 Å². The van der Waals surface area contributed by atoms with Crippen LogP contribution in [0.5, 0.6) is 11.5 Å². The fourth-order valence-electron chi connectivity index (χ4n) is 4.09. The second-order valence-electron chi connectivity index (χ2n) is 7.09. The monoisotopic (exact) mass is 391 g/mol. The Morgan fingerprint density at radius 1 is 1.14 bits per heavy atom. The second kappa shape index (κ2) is 7.14. The lowest BCUT2D eigenvalue weighted by Gasteiger charge is -2.38. The van der Waals surface area contributed by atoms with Gasteiger partial charge < -0.3 is 19.9 Å². The highest BCUT2D eigenvalue weighted by molar-refractivity contribution is 5.43. The van der Waals surface area contributed by atoms with Crippen molar-refractivity contribution in [3.05, 3.63) is 71.8 Å². The van der Waals surface area contributed by atoms with Gasteiger partial charge in [0.2, 0.25) is 0 Å². The van der Waals surface area contributed by atoms with Gasteiger partial charge >= 0.3 is 6.36 Å². The van der Waals surface area contributed by atoms with E-state index in [1.807, 2.05) is 42.5 Å². The van der Waals surface area contributed by atoms with Crippen molar-refractivity contribution in [2.75, 3.05) is 13.2 Å². The van der Waals surface area contributed by atoms with Gasteiger partial charge in [0, 0.05) is 18.0 Å². The fourth-order valence-corrected chi connectivity index (χ4v) is 4.09. The van der Waals surface area contributed by atoms with Gasteiger partial charge in [0.1, 0.15) is 17.1 Å². The van der Waals surface area contributed by atoms with Crippen molar-refractivity contribution < 1.29 is 27.8 Å². The van der Waals surface area contributed by atoms with Gasteiger partial charge in [-0.15, -0.1) is 13.2 Å². The topological polar surface area (TPSA) is 50.7 Å². The van der Waals surface area contributed by atoms with Crippen molar-refractivity contribution in [2.45, 2.75) is 30.3 Å². The summed E-state index contributed by atoms with van der Waals surface area (Å²) in [5, 5.41) is 13.7. The molecule has 3 atom stereocenters. The molecule has 7 heteroatoms. The van der Waals surface area contributed by atoms with Crippen LogP contribution >= 0.6 is 0 Å². The van der Waals surface area contributed by atoms with E-state index >= 15 is 0 Å². The molecule has 1 spiro atoms. The summed E-state index contributed by atoms with van der Waals surface area (Å²) in [6.45, 7) is 0.994. The van der Waals surface area contributed by atoms with E-state index in [4.69, 9.17) is 4.74 Å². The minimum absolute atomic E-state index is 0.0656. The Hall–Kier alpha value is -2.51. The number of nitrogens with one attached hydrogen (secondary N) is 1. The Bertz CT molecular complexity index is 869. The van der Waals surface area contributed by atoms with E-state index in [2.05, 4.69) is 10.1 Å². The van der Waals surface area contributed by atoms with Gasteiger partial charge in [-0.3, -0.25) is 0 Å². The molecule has 0 saturated carbocycles. The van der Waals surface area contributed by atoms with Crippen molar-refractivity contribution in [1.82, 2.24) is 5.32 Å². The Balaban J connectivity index is 1.62. The van der Waals surface area contributed by atoms with E-state index in [0.717, 1.165) is 11.6 Å². The van der Waals surface area contributed by atoms with E-state index in [1.54, 1.807) is 0 Å². The van der Waals surface area contributed by atoms with Gasteiger partial charge in [-0.05, 0) is 30.2 Å². The summed E-state index contributed by atoms with van der Waals surface area (Å²) < 4.78 is 47.8. The van der Waals surface area contributed by atoms with Crippen LogP contribution in [-0.4, -0.2) is 30.2 Å². The number of aromatic hydroxyl groups is 1. The normalized spacial score (nSPS) is 27.2. The molecule has 1 unspecified atom stereocenters. The molecular weight excluding hydrogens is 371 g/mol. The Morgan fingerprint density at radius 2 is 1.93 bits per heavy atom. The lowest BCUT2D eigenvalue weighted by atomic mass is 9.80. The number of hydrogen-bond acceptors (Lipinski definition) is 4. The van der Waals surface area contributed by atoms with Crippen molar-refractivity contribution in [3.8, 4) is 11.5 Å². The molecule has 1 saturated heterocycles. The predicted octanol–water partition coefficient (Wildman–Crippen LogP) is 4.43. The van der Waals surface area contributed by atoms with Crippen LogP contribution in [0.2, 0.25) is 0 Å². The van der Waals surface area contributed by atoms with Gasteiger partial charge in [-0.1, -0.05) is 42.5 Å². The third-order valence-electron chi connectivity index (χ3n) is 5.25. The van der Waals surface area contributed by atoms with Crippen molar-refractivity contribution in [1.29, 1.82) is 0 Å².